The highest BCUT2D eigenvalue weighted by Crippen LogP contribution is 2.44. The second-order valence-electron chi connectivity index (χ2n) is 9.30. The summed E-state index contributed by atoms with van der Waals surface area (Å²) in [5, 5.41) is 10.1. The highest BCUT2D eigenvalue weighted by Gasteiger charge is 2.16. The Morgan fingerprint density at radius 2 is 0.639 bits per heavy atom. The van der Waals surface area contributed by atoms with E-state index >= 15 is 0 Å². The zero-order valence-electron chi connectivity index (χ0n) is 19.3. The van der Waals surface area contributed by atoms with Crippen LogP contribution in [0.15, 0.2) is 130 Å². The first-order valence-electron chi connectivity index (χ1n) is 12.0. The Hall–Kier alpha value is -3.46. The van der Waals surface area contributed by atoms with Gasteiger partial charge in [-0.3, -0.25) is 0 Å². The van der Waals surface area contributed by atoms with Crippen LogP contribution in [-0.2, 0) is 0 Å². The van der Waals surface area contributed by atoms with Gasteiger partial charge in [0.05, 0.1) is 0 Å². The number of fused-ring (bicyclic) bond motifs is 4. The number of halogens is 2. The van der Waals surface area contributed by atoms with Crippen molar-refractivity contribution in [1.82, 2.24) is 0 Å². The molecule has 0 atom stereocenters. The minimum atomic E-state index is 1.08. The van der Waals surface area contributed by atoms with E-state index in [0.717, 1.165) is 8.95 Å². The quantitative estimate of drug-likeness (QED) is 0.176. The molecule has 7 rings (SSSR count). The normalized spacial score (nSPS) is 11.6. The zero-order chi connectivity index (χ0) is 24.2. The molecule has 0 N–H and O–H groups in total. The molecule has 0 fully saturated rings. The molecule has 0 saturated carbocycles. The second-order valence-corrected chi connectivity index (χ2v) is 11.0. The second kappa shape index (κ2) is 8.58. The Bertz CT molecular complexity index is 1820. The number of hydrogen-bond donors (Lipinski definition) is 0. The Labute approximate surface area is 226 Å². The van der Waals surface area contributed by atoms with Crippen LogP contribution in [0.25, 0.3) is 65.3 Å². The molecule has 0 amide bonds. The van der Waals surface area contributed by atoms with Gasteiger partial charge in [-0.05, 0) is 103 Å². The van der Waals surface area contributed by atoms with E-state index < -0.39 is 0 Å². The van der Waals surface area contributed by atoms with Gasteiger partial charge in [-0.1, -0.05) is 105 Å². The Kier molecular flexibility index (Phi) is 5.20. The largest absolute Gasteiger partial charge is 0.0616 e. The fraction of sp³-hybridized carbons (Fsp3) is 0. The SMILES string of the molecule is Brc1ccc(Br)c(-c2ccc3cc4ccccc4cc3c2)c1-c1ccc2cc3ccccc3cc2c1. The lowest BCUT2D eigenvalue weighted by Crippen LogP contribution is -1.90. The van der Waals surface area contributed by atoms with E-state index in [-0.39, 0.29) is 0 Å². The van der Waals surface area contributed by atoms with Crippen molar-refractivity contribution in [2.45, 2.75) is 0 Å². The third-order valence-electron chi connectivity index (χ3n) is 7.09. The van der Waals surface area contributed by atoms with Gasteiger partial charge in [-0.2, -0.15) is 0 Å². The standard InChI is InChI=1S/C34H20Br2/c35-31-13-14-32(36)34(28-12-10-26-16-22-6-2-4-8-24(22)18-30(26)20-28)33(31)27-11-9-25-15-21-5-1-3-7-23(21)17-29(25)19-27/h1-20H. The molecule has 0 heterocycles. The Balaban J connectivity index is 1.45. The lowest BCUT2D eigenvalue weighted by molar-refractivity contribution is 1.55. The van der Waals surface area contributed by atoms with Crippen LogP contribution in [0.5, 0.6) is 0 Å². The predicted octanol–water partition coefficient (Wildman–Crippen LogP) is 11.2. The van der Waals surface area contributed by atoms with Gasteiger partial charge in [0.2, 0.25) is 0 Å². The number of rotatable bonds is 2. The lowest BCUT2D eigenvalue weighted by atomic mass is 9.91. The van der Waals surface area contributed by atoms with Crippen LogP contribution in [0.1, 0.15) is 0 Å². The predicted molar refractivity (Wildman–Crippen MR) is 163 cm³/mol. The van der Waals surface area contributed by atoms with E-state index in [2.05, 4.69) is 153 Å². The van der Waals surface area contributed by atoms with Crippen LogP contribution in [0.3, 0.4) is 0 Å². The highest BCUT2D eigenvalue weighted by atomic mass is 79.9. The molecule has 36 heavy (non-hydrogen) atoms. The summed E-state index contributed by atoms with van der Waals surface area (Å²) in [5.41, 5.74) is 4.78. The third-order valence-corrected chi connectivity index (χ3v) is 8.41. The molecule has 7 aromatic carbocycles. The number of hydrogen-bond acceptors (Lipinski definition) is 0. The van der Waals surface area contributed by atoms with Crippen molar-refractivity contribution in [3.8, 4) is 22.3 Å². The van der Waals surface area contributed by atoms with Crippen LogP contribution in [-0.4, -0.2) is 0 Å². The molecule has 2 heteroatoms. The fourth-order valence-corrected chi connectivity index (χ4v) is 6.43. The molecule has 0 aliphatic carbocycles. The summed E-state index contributed by atoms with van der Waals surface area (Å²) < 4.78 is 2.17. The van der Waals surface area contributed by atoms with Crippen molar-refractivity contribution in [2.75, 3.05) is 0 Å². The minimum Gasteiger partial charge on any atom is -0.0616 e. The monoisotopic (exact) mass is 586 g/mol. The Morgan fingerprint density at radius 3 is 1.03 bits per heavy atom. The first-order chi connectivity index (χ1) is 17.6. The summed E-state index contributed by atoms with van der Waals surface area (Å²) in [6.45, 7) is 0. The maximum absolute atomic E-state index is 3.88. The average Bonchev–Trinajstić information content (AvgIpc) is 2.91. The van der Waals surface area contributed by atoms with Crippen LogP contribution in [0.4, 0.5) is 0 Å². The molecule has 0 bridgehead atoms. The lowest BCUT2D eigenvalue weighted by Gasteiger charge is -2.16. The molecule has 7 aromatic rings. The highest BCUT2D eigenvalue weighted by molar-refractivity contribution is 9.11. The van der Waals surface area contributed by atoms with Gasteiger partial charge >= 0.3 is 0 Å². The van der Waals surface area contributed by atoms with E-state index in [9.17, 15) is 0 Å². The van der Waals surface area contributed by atoms with E-state index in [1.54, 1.807) is 0 Å². The molecule has 0 aliphatic heterocycles. The number of benzene rings is 7. The van der Waals surface area contributed by atoms with Crippen molar-refractivity contribution in [1.29, 1.82) is 0 Å². The van der Waals surface area contributed by atoms with E-state index in [1.807, 2.05) is 0 Å². The molecule has 0 spiro atoms. The third kappa shape index (κ3) is 3.64. The molecule has 0 aliphatic rings. The zero-order valence-corrected chi connectivity index (χ0v) is 22.5. The molecule has 0 aromatic heterocycles. The summed E-state index contributed by atoms with van der Waals surface area (Å²) in [4.78, 5) is 0. The van der Waals surface area contributed by atoms with Crippen LogP contribution >= 0.6 is 31.9 Å². The summed E-state index contributed by atoms with van der Waals surface area (Å²) in [7, 11) is 0. The molecule has 0 unspecified atom stereocenters. The average molecular weight is 588 g/mol. The Morgan fingerprint density at radius 1 is 0.306 bits per heavy atom. The van der Waals surface area contributed by atoms with Crippen molar-refractivity contribution in [3.05, 3.63) is 130 Å². The van der Waals surface area contributed by atoms with Gasteiger partial charge in [-0.15, -0.1) is 0 Å². The van der Waals surface area contributed by atoms with Crippen LogP contribution < -0.4 is 0 Å². The maximum Gasteiger partial charge on any atom is 0.0260 e. The van der Waals surface area contributed by atoms with E-state index in [0.29, 0.717) is 0 Å². The van der Waals surface area contributed by atoms with Gasteiger partial charge in [-0.25, -0.2) is 0 Å². The van der Waals surface area contributed by atoms with E-state index in [1.165, 1.54) is 65.3 Å². The molecular weight excluding hydrogens is 568 g/mol. The van der Waals surface area contributed by atoms with Gasteiger partial charge in [0.15, 0.2) is 0 Å². The van der Waals surface area contributed by atoms with Gasteiger partial charge in [0.1, 0.15) is 0 Å². The maximum atomic E-state index is 3.88. The topological polar surface area (TPSA) is 0 Å². The first-order valence-corrected chi connectivity index (χ1v) is 13.6. The van der Waals surface area contributed by atoms with Crippen molar-refractivity contribution in [3.63, 3.8) is 0 Å². The van der Waals surface area contributed by atoms with Crippen LogP contribution in [0.2, 0.25) is 0 Å². The molecule has 170 valence electrons. The summed E-state index contributed by atoms with van der Waals surface area (Å²) in [6, 6.07) is 44.1. The van der Waals surface area contributed by atoms with E-state index in [4.69, 9.17) is 0 Å². The van der Waals surface area contributed by atoms with Gasteiger partial charge in [0, 0.05) is 20.1 Å². The minimum absolute atomic E-state index is 1.08. The van der Waals surface area contributed by atoms with Gasteiger partial charge < -0.3 is 0 Å². The van der Waals surface area contributed by atoms with Crippen molar-refractivity contribution < 1.29 is 0 Å². The smallest absolute Gasteiger partial charge is 0.0260 e. The molecule has 0 saturated heterocycles. The fourth-order valence-electron chi connectivity index (χ4n) is 5.31. The van der Waals surface area contributed by atoms with Crippen molar-refractivity contribution >= 4 is 74.9 Å². The first kappa shape index (κ1) is 21.8. The molecular formula is C34H20Br2. The molecule has 0 radical (unpaired) electrons. The molecule has 0 nitrogen and oxygen atoms in total. The summed E-state index contributed by atoms with van der Waals surface area (Å²) >= 11 is 7.76. The summed E-state index contributed by atoms with van der Waals surface area (Å²) in [5.74, 6) is 0. The van der Waals surface area contributed by atoms with Crippen LogP contribution in [0, 0.1) is 0 Å². The van der Waals surface area contributed by atoms with Crippen molar-refractivity contribution in [2.24, 2.45) is 0 Å². The summed E-state index contributed by atoms with van der Waals surface area (Å²) in [6.07, 6.45) is 0. The van der Waals surface area contributed by atoms with Gasteiger partial charge in [0.25, 0.3) is 0 Å².